The van der Waals surface area contributed by atoms with Crippen LogP contribution in [-0.4, -0.2) is 14.4 Å². The number of allylic oxidation sites excluding steroid dienone is 1. The van der Waals surface area contributed by atoms with E-state index in [9.17, 15) is 0 Å². The molecular formula is C8H15NOSi. The second-order valence-electron chi connectivity index (χ2n) is 3.31. The Morgan fingerprint density at radius 3 is 2.27 bits per heavy atom. The Kier molecular flexibility index (Phi) is 4.09. The van der Waals surface area contributed by atoms with Gasteiger partial charge in [-0.05, 0) is 32.6 Å². The molecule has 1 atom stereocenters. The first-order valence-electron chi connectivity index (χ1n) is 3.70. The number of nitrogens with zero attached hydrogens (tertiary/aromatic N) is 1. The lowest BCUT2D eigenvalue weighted by Gasteiger charge is -2.19. The van der Waals surface area contributed by atoms with Crippen molar-refractivity contribution in [3.8, 4) is 6.07 Å². The summed E-state index contributed by atoms with van der Waals surface area (Å²) >= 11 is 0. The van der Waals surface area contributed by atoms with E-state index >= 15 is 0 Å². The van der Waals surface area contributed by atoms with Crippen molar-refractivity contribution in [3.05, 3.63) is 12.2 Å². The molecule has 0 bridgehead atoms. The van der Waals surface area contributed by atoms with Crippen LogP contribution in [0.3, 0.4) is 0 Å². The average molecular weight is 169 g/mol. The molecule has 2 nitrogen and oxygen atoms in total. The van der Waals surface area contributed by atoms with Gasteiger partial charge in [-0.15, -0.1) is 0 Å². The standard InChI is InChI=1S/C8H15NOSi/c1-5-6-8(7-9)10-11(2,3)4/h5-6,8H,1-4H3. The number of hydrogen-bond donors (Lipinski definition) is 0. The zero-order valence-electron chi connectivity index (χ0n) is 7.59. The summed E-state index contributed by atoms with van der Waals surface area (Å²) < 4.78 is 5.52. The molecule has 0 heterocycles. The summed E-state index contributed by atoms with van der Waals surface area (Å²) in [5.74, 6) is 0. The molecule has 3 heteroatoms. The first-order chi connectivity index (χ1) is 4.99. The third-order valence-corrected chi connectivity index (χ3v) is 1.94. The second kappa shape index (κ2) is 4.32. The van der Waals surface area contributed by atoms with E-state index in [1.165, 1.54) is 0 Å². The maximum Gasteiger partial charge on any atom is 0.185 e. The molecule has 0 saturated heterocycles. The van der Waals surface area contributed by atoms with Gasteiger partial charge < -0.3 is 4.43 Å². The van der Waals surface area contributed by atoms with E-state index in [0.717, 1.165) is 0 Å². The Morgan fingerprint density at radius 2 is 2.00 bits per heavy atom. The third kappa shape index (κ3) is 5.83. The summed E-state index contributed by atoms with van der Waals surface area (Å²) in [5.41, 5.74) is 0. The SMILES string of the molecule is CC=CC(C#N)O[Si](C)(C)C. The van der Waals surface area contributed by atoms with Crippen molar-refractivity contribution >= 4 is 8.32 Å². The molecule has 0 radical (unpaired) electrons. The quantitative estimate of drug-likeness (QED) is 0.480. The number of rotatable bonds is 3. The van der Waals surface area contributed by atoms with Gasteiger partial charge in [0.1, 0.15) is 0 Å². The monoisotopic (exact) mass is 169 g/mol. The fourth-order valence-electron chi connectivity index (χ4n) is 0.664. The maximum absolute atomic E-state index is 8.62. The van der Waals surface area contributed by atoms with Crippen LogP contribution in [0.15, 0.2) is 12.2 Å². The molecule has 62 valence electrons. The molecule has 0 N–H and O–H groups in total. The first kappa shape index (κ1) is 10.4. The van der Waals surface area contributed by atoms with Crippen molar-refractivity contribution in [3.63, 3.8) is 0 Å². The minimum Gasteiger partial charge on any atom is -0.399 e. The lowest BCUT2D eigenvalue weighted by molar-refractivity contribution is 0.296. The molecule has 0 aliphatic carbocycles. The van der Waals surface area contributed by atoms with Crippen LogP contribution in [-0.2, 0) is 4.43 Å². The number of hydrogen-bond acceptors (Lipinski definition) is 2. The molecule has 11 heavy (non-hydrogen) atoms. The topological polar surface area (TPSA) is 33.0 Å². The number of nitriles is 1. The van der Waals surface area contributed by atoms with Gasteiger partial charge in [0.15, 0.2) is 14.4 Å². The van der Waals surface area contributed by atoms with Crippen LogP contribution >= 0.6 is 0 Å². The van der Waals surface area contributed by atoms with E-state index in [1.54, 1.807) is 6.08 Å². The molecule has 0 aliphatic heterocycles. The first-order valence-corrected chi connectivity index (χ1v) is 7.10. The van der Waals surface area contributed by atoms with Gasteiger partial charge in [0.05, 0.1) is 6.07 Å². The molecule has 0 aromatic rings. The summed E-state index contributed by atoms with van der Waals surface area (Å²) in [5, 5.41) is 8.62. The molecule has 0 aromatic heterocycles. The molecule has 0 saturated carbocycles. The zero-order valence-corrected chi connectivity index (χ0v) is 8.59. The molecule has 0 rings (SSSR count). The Morgan fingerprint density at radius 1 is 1.45 bits per heavy atom. The highest BCUT2D eigenvalue weighted by atomic mass is 28.4. The van der Waals surface area contributed by atoms with Crippen LogP contribution in [0.25, 0.3) is 0 Å². The summed E-state index contributed by atoms with van der Waals surface area (Å²) in [6, 6.07) is 2.09. The van der Waals surface area contributed by atoms with Gasteiger partial charge in [-0.25, -0.2) is 0 Å². The Labute approximate surface area is 69.6 Å². The lowest BCUT2D eigenvalue weighted by Crippen LogP contribution is -2.30. The van der Waals surface area contributed by atoms with Crippen molar-refractivity contribution in [2.45, 2.75) is 32.7 Å². The smallest absolute Gasteiger partial charge is 0.185 e. The van der Waals surface area contributed by atoms with Crippen molar-refractivity contribution < 1.29 is 4.43 Å². The van der Waals surface area contributed by atoms with Crippen LogP contribution < -0.4 is 0 Å². The van der Waals surface area contributed by atoms with Crippen molar-refractivity contribution in [1.82, 2.24) is 0 Å². The zero-order chi connectivity index (χ0) is 8.91. The van der Waals surface area contributed by atoms with Crippen LogP contribution in [0.5, 0.6) is 0 Å². The van der Waals surface area contributed by atoms with Gasteiger partial charge in [-0.3, -0.25) is 0 Å². The lowest BCUT2D eigenvalue weighted by atomic mass is 10.4. The fourth-order valence-corrected chi connectivity index (χ4v) is 1.56. The van der Waals surface area contributed by atoms with Gasteiger partial charge in [0.2, 0.25) is 0 Å². The summed E-state index contributed by atoms with van der Waals surface area (Å²) in [4.78, 5) is 0. The molecule has 0 aromatic carbocycles. The van der Waals surface area contributed by atoms with Crippen LogP contribution in [0.1, 0.15) is 6.92 Å². The molecule has 0 aliphatic rings. The Hall–Kier alpha value is -0.593. The van der Waals surface area contributed by atoms with Gasteiger partial charge in [0, 0.05) is 0 Å². The third-order valence-electron chi connectivity index (χ3n) is 0.975. The predicted molar refractivity (Wildman–Crippen MR) is 48.6 cm³/mol. The van der Waals surface area contributed by atoms with Gasteiger partial charge >= 0.3 is 0 Å². The van der Waals surface area contributed by atoms with Gasteiger partial charge in [0.25, 0.3) is 0 Å². The van der Waals surface area contributed by atoms with Crippen molar-refractivity contribution in [1.29, 1.82) is 5.26 Å². The van der Waals surface area contributed by atoms with E-state index in [1.807, 2.05) is 13.0 Å². The van der Waals surface area contributed by atoms with Crippen molar-refractivity contribution in [2.24, 2.45) is 0 Å². The fraction of sp³-hybridized carbons (Fsp3) is 0.625. The summed E-state index contributed by atoms with van der Waals surface area (Å²) in [7, 11) is -1.55. The second-order valence-corrected chi connectivity index (χ2v) is 7.77. The highest BCUT2D eigenvalue weighted by Crippen LogP contribution is 2.07. The molecule has 0 fully saturated rings. The normalized spacial score (nSPS) is 14.8. The van der Waals surface area contributed by atoms with Crippen LogP contribution in [0, 0.1) is 11.3 Å². The average Bonchev–Trinajstić information content (AvgIpc) is 1.84. The van der Waals surface area contributed by atoms with Gasteiger partial charge in [-0.2, -0.15) is 5.26 Å². The maximum atomic E-state index is 8.62. The molecule has 0 spiro atoms. The van der Waals surface area contributed by atoms with E-state index in [0.29, 0.717) is 0 Å². The summed E-state index contributed by atoms with van der Waals surface area (Å²) in [6.45, 7) is 8.10. The molecule has 0 amide bonds. The Balaban J connectivity index is 4.02. The highest BCUT2D eigenvalue weighted by Gasteiger charge is 2.18. The predicted octanol–water partition coefficient (Wildman–Crippen LogP) is 2.31. The van der Waals surface area contributed by atoms with E-state index in [2.05, 4.69) is 25.7 Å². The van der Waals surface area contributed by atoms with E-state index < -0.39 is 8.32 Å². The minimum absolute atomic E-state index is 0.355. The highest BCUT2D eigenvalue weighted by molar-refractivity contribution is 6.69. The van der Waals surface area contributed by atoms with Crippen molar-refractivity contribution in [2.75, 3.05) is 0 Å². The minimum atomic E-state index is -1.55. The van der Waals surface area contributed by atoms with E-state index in [4.69, 9.17) is 9.69 Å². The summed E-state index contributed by atoms with van der Waals surface area (Å²) in [6.07, 6.45) is 3.26. The van der Waals surface area contributed by atoms with Crippen LogP contribution in [0.4, 0.5) is 0 Å². The molecular weight excluding hydrogens is 154 g/mol. The van der Waals surface area contributed by atoms with Gasteiger partial charge in [-0.1, -0.05) is 6.08 Å². The molecule has 1 unspecified atom stereocenters. The van der Waals surface area contributed by atoms with Crippen LogP contribution in [0.2, 0.25) is 19.6 Å². The van der Waals surface area contributed by atoms with E-state index in [-0.39, 0.29) is 6.10 Å². The Bertz CT molecular complexity index is 176. The largest absolute Gasteiger partial charge is 0.399 e.